The fourth-order valence-corrected chi connectivity index (χ4v) is 1.28. The summed E-state index contributed by atoms with van der Waals surface area (Å²) in [6, 6.07) is 4.03. The number of benzene rings is 1. The van der Waals surface area contributed by atoms with Gasteiger partial charge in [0.1, 0.15) is 6.54 Å². The molecule has 7 heteroatoms. The molecule has 0 fully saturated rings. The quantitative estimate of drug-likeness (QED) is 0.860. The second kappa shape index (κ2) is 5.90. The lowest BCUT2D eigenvalue weighted by molar-refractivity contribution is -0.142. The number of aryl methyl sites for hydroxylation is 1. The molecule has 0 spiro atoms. The van der Waals surface area contributed by atoms with Gasteiger partial charge < -0.3 is 10.1 Å². The Morgan fingerprint density at radius 2 is 2.05 bits per heavy atom. The first-order valence-corrected chi connectivity index (χ1v) is 5.46. The van der Waals surface area contributed by atoms with Crippen molar-refractivity contribution in [2.75, 3.05) is 6.54 Å². The number of halogens is 4. The molecule has 0 aliphatic heterocycles. The molecule has 0 aliphatic carbocycles. The first-order valence-electron chi connectivity index (χ1n) is 5.46. The van der Waals surface area contributed by atoms with E-state index in [1.807, 2.05) is 0 Å². The minimum Gasteiger partial charge on any atom is -0.478 e. The number of amides is 1. The van der Waals surface area contributed by atoms with Gasteiger partial charge in [-0.05, 0) is 31.5 Å². The molecule has 0 saturated carbocycles. The Hall–Kier alpha value is -1.79. The monoisotopic (exact) mass is 279 g/mol. The summed E-state index contributed by atoms with van der Waals surface area (Å²) in [4.78, 5) is 11.3. The average Bonchev–Trinajstić information content (AvgIpc) is 2.29. The van der Waals surface area contributed by atoms with Gasteiger partial charge in [-0.25, -0.2) is 4.39 Å². The fourth-order valence-electron chi connectivity index (χ4n) is 1.28. The number of alkyl halides is 3. The lowest BCUT2D eigenvalue weighted by Crippen LogP contribution is -2.41. The Labute approximate surface area is 107 Å². The van der Waals surface area contributed by atoms with Gasteiger partial charge in [0.05, 0.1) is 0 Å². The minimum absolute atomic E-state index is 0.172. The molecule has 0 aliphatic rings. The van der Waals surface area contributed by atoms with E-state index in [0.717, 1.165) is 6.07 Å². The van der Waals surface area contributed by atoms with Crippen molar-refractivity contribution in [3.05, 3.63) is 29.6 Å². The molecule has 1 N–H and O–H groups in total. The molecule has 0 heterocycles. The van der Waals surface area contributed by atoms with E-state index in [1.54, 1.807) is 12.2 Å². The molecule has 0 aromatic heterocycles. The number of carbonyl (C=O) groups is 1. The standard InChI is InChI=1S/C12H13F4NO2/c1-7-3-4-9(13)10(5-7)19-8(2)11(18)17-6-12(14,15)16/h3-5,8H,6H2,1-2H3,(H,17,18). The molecule has 1 atom stereocenters. The van der Waals surface area contributed by atoms with Gasteiger partial charge in [-0.1, -0.05) is 6.07 Å². The van der Waals surface area contributed by atoms with Crippen molar-refractivity contribution in [1.29, 1.82) is 0 Å². The summed E-state index contributed by atoms with van der Waals surface area (Å²) in [6.07, 6.45) is -5.72. The predicted octanol–water partition coefficient (Wildman–Crippen LogP) is 2.58. The van der Waals surface area contributed by atoms with Crippen LogP contribution in [0.1, 0.15) is 12.5 Å². The van der Waals surface area contributed by atoms with Crippen LogP contribution in [-0.2, 0) is 4.79 Å². The van der Waals surface area contributed by atoms with E-state index >= 15 is 0 Å². The molecular formula is C12H13F4NO2. The second-order valence-corrected chi connectivity index (χ2v) is 4.03. The first kappa shape index (κ1) is 15.3. The third-order valence-electron chi connectivity index (χ3n) is 2.22. The number of rotatable bonds is 4. The van der Waals surface area contributed by atoms with Crippen molar-refractivity contribution in [3.63, 3.8) is 0 Å². The highest BCUT2D eigenvalue weighted by atomic mass is 19.4. The summed E-state index contributed by atoms with van der Waals surface area (Å²) < 4.78 is 54.1. The van der Waals surface area contributed by atoms with Gasteiger partial charge in [-0.3, -0.25) is 4.79 Å². The van der Waals surface area contributed by atoms with Crippen molar-refractivity contribution < 1.29 is 27.1 Å². The Bertz CT molecular complexity index is 460. The largest absolute Gasteiger partial charge is 0.478 e. The van der Waals surface area contributed by atoms with Crippen LogP contribution in [-0.4, -0.2) is 24.7 Å². The number of hydrogen-bond acceptors (Lipinski definition) is 2. The molecule has 1 amide bonds. The lowest BCUT2D eigenvalue weighted by atomic mass is 10.2. The fraction of sp³-hybridized carbons (Fsp3) is 0.417. The average molecular weight is 279 g/mol. The zero-order valence-electron chi connectivity index (χ0n) is 10.3. The third kappa shape index (κ3) is 5.15. The number of nitrogens with one attached hydrogen (secondary N) is 1. The Morgan fingerprint density at radius 1 is 1.42 bits per heavy atom. The molecule has 1 rings (SSSR count). The van der Waals surface area contributed by atoms with Crippen LogP contribution in [0.2, 0.25) is 0 Å². The predicted molar refractivity (Wildman–Crippen MR) is 60.3 cm³/mol. The molecule has 0 radical (unpaired) electrons. The SMILES string of the molecule is Cc1ccc(F)c(OC(C)C(=O)NCC(F)(F)F)c1. The zero-order chi connectivity index (χ0) is 14.6. The van der Waals surface area contributed by atoms with Crippen LogP contribution in [0.4, 0.5) is 17.6 Å². The Morgan fingerprint density at radius 3 is 2.63 bits per heavy atom. The van der Waals surface area contributed by atoms with Crippen molar-refractivity contribution in [1.82, 2.24) is 5.32 Å². The summed E-state index contributed by atoms with van der Waals surface area (Å²) in [5.41, 5.74) is 0.708. The van der Waals surface area contributed by atoms with E-state index < -0.39 is 30.5 Å². The van der Waals surface area contributed by atoms with Crippen LogP contribution in [0.5, 0.6) is 5.75 Å². The van der Waals surface area contributed by atoms with E-state index in [-0.39, 0.29) is 5.75 Å². The normalized spacial score (nSPS) is 12.9. The second-order valence-electron chi connectivity index (χ2n) is 4.03. The summed E-state index contributed by atoms with van der Waals surface area (Å²) in [6.45, 7) is 1.49. The van der Waals surface area contributed by atoms with Gasteiger partial charge in [0.25, 0.3) is 5.91 Å². The summed E-state index contributed by atoms with van der Waals surface area (Å²) >= 11 is 0. The molecule has 19 heavy (non-hydrogen) atoms. The van der Waals surface area contributed by atoms with E-state index in [1.165, 1.54) is 19.1 Å². The van der Waals surface area contributed by atoms with Crippen LogP contribution in [0.15, 0.2) is 18.2 Å². The van der Waals surface area contributed by atoms with Crippen molar-refractivity contribution in [2.24, 2.45) is 0 Å². The van der Waals surface area contributed by atoms with Gasteiger partial charge >= 0.3 is 6.18 Å². The molecule has 106 valence electrons. The minimum atomic E-state index is -4.50. The summed E-state index contributed by atoms with van der Waals surface area (Å²) in [7, 11) is 0. The molecule has 3 nitrogen and oxygen atoms in total. The highest BCUT2D eigenvalue weighted by Gasteiger charge is 2.29. The highest BCUT2D eigenvalue weighted by Crippen LogP contribution is 2.20. The van der Waals surface area contributed by atoms with Crippen LogP contribution in [0.25, 0.3) is 0 Å². The van der Waals surface area contributed by atoms with Crippen LogP contribution in [0.3, 0.4) is 0 Å². The van der Waals surface area contributed by atoms with E-state index in [4.69, 9.17) is 4.74 Å². The van der Waals surface area contributed by atoms with Gasteiger partial charge in [-0.2, -0.15) is 13.2 Å². The van der Waals surface area contributed by atoms with Crippen LogP contribution in [0, 0.1) is 12.7 Å². The zero-order valence-corrected chi connectivity index (χ0v) is 10.3. The molecular weight excluding hydrogens is 266 g/mol. The van der Waals surface area contributed by atoms with E-state index in [9.17, 15) is 22.4 Å². The summed E-state index contributed by atoms with van der Waals surface area (Å²) in [5.74, 6) is -1.81. The number of ether oxygens (including phenoxy) is 1. The highest BCUT2D eigenvalue weighted by molar-refractivity contribution is 5.80. The van der Waals surface area contributed by atoms with Crippen LogP contribution < -0.4 is 10.1 Å². The summed E-state index contributed by atoms with van der Waals surface area (Å²) in [5, 5.41) is 1.67. The number of carbonyl (C=O) groups excluding carboxylic acids is 1. The van der Waals surface area contributed by atoms with Gasteiger partial charge in [0.2, 0.25) is 0 Å². The van der Waals surface area contributed by atoms with E-state index in [0.29, 0.717) is 5.56 Å². The van der Waals surface area contributed by atoms with Crippen molar-refractivity contribution >= 4 is 5.91 Å². The lowest BCUT2D eigenvalue weighted by Gasteiger charge is -2.16. The third-order valence-corrected chi connectivity index (χ3v) is 2.22. The van der Waals surface area contributed by atoms with Gasteiger partial charge in [0.15, 0.2) is 17.7 Å². The maximum absolute atomic E-state index is 13.3. The van der Waals surface area contributed by atoms with E-state index in [2.05, 4.69) is 0 Å². The van der Waals surface area contributed by atoms with Crippen molar-refractivity contribution in [3.8, 4) is 5.75 Å². The smallest absolute Gasteiger partial charge is 0.405 e. The topological polar surface area (TPSA) is 38.3 Å². The maximum atomic E-state index is 13.3. The van der Waals surface area contributed by atoms with Gasteiger partial charge in [0, 0.05) is 0 Å². The molecule has 0 saturated heterocycles. The Kier molecular flexibility index (Phi) is 4.74. The Balaban J connectivity index is 2.61. The molecule has 0 bridgehead atoms. The number of hydrogen-bond donors (Lipinski definition) is 1. The molecule has 1 unspecified atom stereocenters. The van der Waals surface area contributed by atoms with Crippen molar-refractivity contribution in [2.45, 2.75) is 26.1 Å². The van der Waals surface area contributed by atoms with Gasteiger partial charge in [-0.15, -0.1) is 0 Å². The first-order chi connectivity index (χ1) is 8.69. The van der Waals surface area contributed by atoms with Crippen LogP contribution >= 0.6 is 0 Å². The molecule has 1 aromatic rings. The molecule has 1 aromatic carbocycles. The maximum Gasteiger partial charge on any atom is 0.405 e.